The van der Waals surface area contributed by atoms with Crippen molar-refractivity contribution in [2.24, 2.45) is 28.4 Å². The van der Waals surface area contributed by atoms with Gasteiger partial charge in [-0.25, -0.2) is 0 Å². The predicted molar refractivity (Wildman–Crippen MR) is 204 cm³/mol. The number of piperidine rings is 1. The molecule has 2 aromatic rings. The van der Waals surface area contributed by atoms with Crippen LogP contribution in [0.5, 0.6) is 28.7 Å². The molecule has 2 aliphatic carbocycles. The summed E-state index contributed by atoms with van der Waals surface area (Å²) < 4.78 is 23.9. The van der Waals surface area contributed by atoms with Crippen LogP contribution in [0.15, 0.2) is 66.0 Å². The molecule has 8 atom stereocenters. The third-order valence-electron chi connectivity index (χ3n) is 12.8. The van der Waals surface area contributed by atoms with Gasteiger partial charge in [-0.2, -0.15) is 0 Å². The summed E-state index contributed by atoms with van der Waals surface area (Å²) >= 11 is 0. The Morgan fingerprint density at radius 2 is 1.84 bits per heavy atom. The van der Waals surface area contributed by atoms with Crippen LogP contribution in [-0.4, -0.2) is 82.8 Å². The number of carbonyl (C=O) groups is 1. The fraction of sp³-hybridized carbons (Fsp3) is 0.548. The number of carboxylic acids is 1. The molecule has 1 saturated carbocycles. The van der Waals surface area contributed by atoms with E-state index in [1.807, 2.05) is 12.2 Å². The topological polar surface area (TPSA) is 205 Å². The maximum atomic E-state index is 13.3. The van der Waals surface area contributed by atoms with Gasteiger partial charge in [0.1, 0.15) is 6.61 Å². The predicted octanol–water partition coefficient (Wildman–Crippen LogP) is 4.54. The van der Waals surface area contributed by atoms with Gasteiger partial charge in [0.05, 0.1) is 37.2 Å². The van der Waals surface area contributed by atoms with Crippen molar-refractivity contribution >= 4 is 5.97 Å². The summed E-state index contributed by atoms with van der Waals surface area (Å²) in [5, 5.41) is 59.4. The van der Waals surface area contributed by atoms with Gasteiger partial charge in [0.15, 0.2) is 29.8 Å². The molecular formula is C42H55N3O10. The fourth-order valence-corrected chi connectivity index (χ4v) is 10.7. The Labute approximate surface area is 321 Å². The molecule has 0 amide bonds. The molecule has 13 heteroatoms. The molecule has 9 N–H and O–H groups in total. The number of aryl methyl sites for hydroxylation is 1. The number of aliphatic hydroxyl groups excluding tert-OH is 2. The van der Waals surface area contributed by atoms with Gasteiger partial charge in [-0.05, 0) is 97.9 Å². The first-order valence-corrected chi connectivity index (χ1v) is 19.5. The second-order valence-electron chi connectivity index (χ2n) is 16.0. The van der Waals surface area contributed by atoms with Crippen LogP contribution in [0.4, 0.5) is 0 Å². The van der Waals surface area contributed by atoms with Gasteiger partial charge in [0.2, 0.25) is 5.75 Å². The highest BCUT2D eigenvalue weighted by molar-refractivity contribution is 5.75. The molecular weight excluding hydrogens is 706 g/mol. The molecule has 7 rings (SSSR count). The lowest BCUT2D eigenvalue weighted by atomic mass is 9.46. The summed E-state index contributed by atoms with van der Waals surface area (Å²) in [6.45, 7) is 2.25. The maximum absolute atomic E-state index is 13.3. The van der Waals surface area contributed by atoms with Crippen molar-refractivity contribution < 1.29 is 49.3 Å². The first-order valence-electron chi connectivity index (χ1n) is 19.5. The van der Waals surface area contributed by atoms with Gasteiger partial charge in [0, 0.05) is 36.4 Å². The number of ether oxygens (including phenoxy) is 4. The van der Waals surface area contributed by atoms with Gasteiger partial charge in [-0.1, -0.05) is 37.1 Å². The molecule has 13 nitrogen and oxygen atoms in total. The number of aliphatic carboxylic acids is 1. The van der Waals surface area contributed by atoms with E-state index >= 15 is 0 Å². The zero-order chi connectivity index (χ0) is 38.9. The number of aromatic hydroxyl groups is 2. The number of hydrogen-bond acceptors (Lipinski definition) is 12. The normalized spacial score (nSPS) is 31.2. The molecule has 0 aromatic heterocycles. The number of benzene rings is 2. The molecule has 298 valence electrons. The first-order chi connectivity index (χ1) is 26.5. The number of phenols is 2. The second kappa shape index (κ2) is 16.0. The standard InChI is InChI=1S/C42H55N3O10/c1-24-21-41(12-3-4-13-41)42(30(8-9-31(42)40(50)51)26-11-14-44-38(43)18-26)37(45-24)22-53-36-17-27(16-35(52-2)39(36)49)33-20-28(47)19-29(55-33)7-5-25-6-10-32(48)34(15-25)54-23-46/h6,8-11,15-18,24,28-31,33,37,44-49H,3-5,7,12-14,19-23,43H2,1-2H3,(H,50,51)/t24-,28+,29+,30-,31+,33+,37+,42-/m1/s1. The number of carboxylic acid groups (broad SMARTS) is 1. The van der Waals surface area contributed by atoms with Gasteiger partial charge < -0.3 is 60.8 Å². The molecule has 0 radical (unpaired) electrons. The Hall–Kier alpha value is -4.43. The number of dihydropyridines is 1. The van der Waals surface area contributed by atoms with E-state index in [-0.39, 0.29) is 58.8 Å². The fourth-order valence-electron chi connectivity index (χ4n) is 10.7. The van der Waals surface area contributed by atoms with E-state index in [2.05, 4.69) is 29.7 Å². The lowest BCUT2D eigenvalue weighted by Crippen LogP contribution is -2.69. The number of nitrogens with two attached hydrogens (primary N) is 1. The number of allylic oxidation sites excluding steroid dienone is 3. The van der Waals surface area contributed by atoms with Crippen LogP contribution in [0.25, 0.3) is 0 Å². The molecule has 55 heavy (non-hydrogen) atoms. The van der Waals surface area contributed by atoms with Gasteiger partial charge in [-0.15, -0.1) is 0 Å². The number of rotatable bonds is 12. The third-order valence-corrected chi connectivity index (χ3v) is 12.8. The molecule has 3 aliphatic heterocycles. The molecule has 3 fully saturated rings. The number of fused-ring (bicyclic) bond motifs is 1. The van der Waals surface area contributed by atoms with E-state index in [1.54, 1.807) is 24.3 Å². The summed E-state index contributed by atoms with van der Waals surface area (Å²) in [5.74, 6) is -0.964. The van der Waals surface area contributed by atoms with Crippen LogP contribution in [0.3, 0.4) is 0 Å². The highest BCUT2D eigenvalue weighted by Gasteiger charge is 2.68. The summed E-state index contributed by atoms with van der Waals surface area (Å²) in [5.41, 5.74) is 7.80. The summed E-state index contributed by atoms with van der Waals surface area (Å²) in [6.07, 6.45) is 13.2. The Morgan fingerprint density at radius 1 is 1.05 bits per heavy atom. The minimum atomic E-state index is -0.865. The number of phenolic OH excluding ortho intramolecular Hbond substituents is 2. The van der Waals surface area contributed by atoms with E-state index in [0.29, 0.717) is 43.6 Å². The average Bonchev–Trinajstić information content (AvgIpc) is 3.80. The SMILES string of the molecule is COc1cc([C@@H]2C[C@@H](O)C[C@H](CCc3ccc(O)c(OCO)c3)O2)cc(OC[C@@H]2N[C@H](C)CC3(CCCC3)[C@@]23[C@@H](C2=CCNC(N)=C2)C=C[C@H]3C(=O)O)c1O. The highest BCUT2D eigenvalue weighted by atomic mass is 16.6. The average molecular weight is 762 g/mol. The number of methoxy groups -OCH3 is 1. The second-order valence-corrected chi connectivity index (χ2v) is 16.0. The Morgan fingerprint density at radius 3 is 2.56 bits per heavy atom. The van der Waals surface area contributed by atoms with Crippen LogP contribution >= 0.6 is 0 Å². The molecule has 3 heterocycles. The smallest absolute Gasteiger partial charge is 0.311 e. The van der Waals surface area contributed by atoms with Crippen molar-refractivity contribution in [3.63, 3.8) is 0 Å². The van der Waals surface area contributed by atoms with E-state index in [0.717, 1.165) is 43.2 Å². The minimum Gasteiger partial charge on any atom is -0.504 e. The van der Waals surface area contributed by atoms with Gasteiger partial charge in [-0.3, -0.25) is 4.79 Å². The molecule has 0 bridgehead atoms. The van der Waals surface area contributed by atoms with E-state index in [9.17, 15) is 25.2 Å². The van der Waals surface area contributed by atoms with Gasteiger partial charge >= 0.3 is 5.97 Å². The zero-order valence-corrected chi connectivity index (χ0v) is 31.6. The number of nitrogens with one attached hydrogen (secondary N) is 2. The number of aliphatic hydroxyl groups is 2. The van der Waals surface area contributed by atoms with Crippen LogP contribution in [0.2, 0.25) is 0 Å². The monoisotopic (exact) mass is 761 g/mol. The van der Waals surface area contributed by atoms with Crippen molar-refractivity contribution in [1.29, 1.82) is 0 Å². The zero-order valence-electron chi connectivity index (χ0n) is 31.6. The molecule has 0 unspecified atom stereocenters. The summed E-state index contributed by atoms with van der Waals surface area (Å²) in [4.78, 5) is 13.3. The molecule has 2 aromatic carbocycles. The van der Waals surface area contributed by atoms with Crippen molar-refractivity contribution in [2.45, 2.75) is 95.1 Å². The van der Waals surface area contributed by atoms with E-state index < -0.39 is 42.3 Å². The van der Waals surface area contributed by atoms with E-state index in [1.165, 1.54) is 13.2 Å². The third kappa shape index (κ3) is 7.35. The van der Waals surface area contributed by atoms with Crippen molar-refractivity contribution in [3.8, 4) is 28.7 Å². The van der Waals surface area contributed by atoms with E-state index in [4.69, 9.17) is 29.8 Å². The van der Waals surface area contributed by atoms with Crippen LogP contribution < -0.4 is 30.6 Å². The number of hydrogen-bond donors (Lipinski definition) is 8. The van der Waals surface area contributed by atoms with Crippen molar-refractivity contribution in [1.82, 2.24) is 10.6 Å². The highest BCUT2D eigenvalue weighted by Crippen LogP contribution is 2.68. The van der Waals surface area contributed by atoms with Crippen molar-refractivity contribution in [3.05, 3.63) is 77.2 Å². The largest absolute Gasteiger partial charge is 0.504 e. The van der Waals surface area contributed by atoms with Crippen LogP contribution in [-0.2, 0) is 16.0 Å². The van der Waals surface area contributed by atoms with Crippen LogP contribution in [0.1, 0.15) is 75.5 Å². The maximum Gasteiger partial charge on any atom is 0.311 e. The summed E-state index contributed by atoms with van der Waals surface area (Å²) in [7, 11) is 1.47. The minimum absolute atomic E-state index is 0.0635. The quantitative estimate of drug-likeness (QED) is 0.111. The van der Waals surface area contributed by atoms with Crippen molar-refractivity contribution in [2.75, 3.05) is 27.1 Å². The molecule has 5 aliphatic rings. The molecule has 2 spiro atoms. The lowest BCUT2D eigenvalue weighted by molar-refractivity contribution is -0.160. The van der Waals surface area contributed by atoms with Crippen LogP contribution in [0, 0.1) is 22.7 Å². The van der Waals surface area contributed by atoms with Gasteiger partial charge in [0.25, 0.3) is 0 Å². The Balaban J connectivity index is 1.17. The lowest BCUT2D eigenvalue weighted by Gasteiger charge is -2.61. The summed E-state index contributed by atoms with van der Waals surface area (Å²) in [6, 6.07) is 8.11. The first kappa shape index (κ1) is 38.8. The Kier molecular flexibility index (Phi) is 11.3. The Bertz CT molecular complexity index is 1820. The molecule has 2 saturated heterocycles.